The Morgan fingerprint density at radius 3 is 2.38 bits per heavy atom. The van der Waals surface area contributed by atoms with E-state index in [1.807, 2.05) is 0 Å². The molecule has 0 aromatic carbocycles. The van der Waals surface area contributed by atoms with Gasteiger partial charge in [-0.3, -0.25) is 0 Å². The first-order valence-corrected chi connectivity index (χ1v) is 5.69. The van der Waals surface area contributed by atoms with Crippen molar-refractivity contribution in [3.63, 3.8) is 0 Å². The normalized spacial score (nSPS) is 11.6. The van der Waals surface area contributed by atoms with Gasteiger partial charge in [-0.15, -0.1) is 0 Å². The summed E-state index contributed by atoms with van der Waals surface area (Å²) in [5, 5.41) is 0. The Balaban J connectivity index is 3.60. The van der Waals surface area contributed by atoms with Gasteiger partial charge in [0, 0.05) is 10.7 Å². The molecule has 1 rings (SSSR count). The van der Waals surface area contributed by atoms with Gasteiger partial charge in [0.15, 0.2) is 4.90 Å². The second kappa shape index (κ2) is 3.16. The fourth-order valence-electron chi connectivity index (χ4n) is 0.797. The third kappa shape index (κ3) is 2.10. The Bertz CT molecular complexity index is 486. The molecule has 0 spiro atoms. The van der Waals surface area contributed by atoms with Crippen molar-refractivity contribution in [3.8, 4) is 0 Å². The van der Waals surface area contributed by atoms with E-state index in [0.717, 1.165) is 0 Å². The van der Waals surface area contributed by atoms with Crippen LogP contribution in [-0.4, -0.2) is 8.42 Å². The fourth-order valence-corrected chi connectivity index (χ4v) is 1.68. The SMILES string of the molecule is Cc1cc(S(=O)(=O)Cl)c(=O)oc1C. The highest BCUT2D eigenvalue weighted by atomic mass is 35.7. The molecule has 1 heterocycles. The highest BCUT2D eigenvalue weighted by molar-refractivity contribution is 8.13. The smallest absolute Gasteiger partial charge is 0.356 e. The van der Waals surface area contributed by atoms with Crippen molar-refractivity contribution >= 4 is 19.7 Å². The van der Waals surface area contributed by atoms with Crippen molar-refractivity contribution in [1.82, 2.24) is 0 Å². The highest BCUT2D eigenvalue weighted by Gasteiger charge is 2.17. The van der Waals surface area contributed by atoms with Crippen LogP contribution < -0.4 is 5.63 Å². The Kier molecular flexibility index (Phi) is 2.49. The molecule has 0 fully saturated rings. The second-order valence-electron chi connectivity index (χ2n) is 2.58. The lowest BCUT2D eigenvalue weighted by atomic mass is 10.2. The van der Waals surface area contributed by atoms with Crippen LogP contribution in [0.25, 0.3) is 0 Å². The highest BCUT2D eigenvalue weighted by Crippen LogP contribution is 2.13. The molecule has 0 N–H and O–H groups in total. The zero-order valence-corrected chi connectivity index (χ0v) is 8.57. The van der Waals surface area contributed by atoms with E-state index in [9.17, 15) is 13.2 Å². The van der Waals surface area contributed by atoms with Gasteiger partial charge in [-0.05, 0) is 25.5 Å². The van der Waals surface area contributed by atoms with Crippen LogP contribution in [0.15, 0.2) is 20.2 Å². The molecule has 0 aliphatic carbocycles. The molecule has 4 nitrogen and oxygen atoms in total. The molecule has 1 aromatic heterocycles. The van der Waals surface area contributed by atoms with Crippen molar-refractivity contribution in [1.29, 1.82) is 0 Å². The summed E-state index contributed by atoms with van der Waals surface area (Å²) in [5.74, 6) is 0.383. The van der Waals surface area contributed by atoms with Crippen LogP contribution in [0.1, 0.15) is 11.3 Å². The first-order valence-electron chi connectivity index (χ1n) is 3.38. The first-order chi connectivity index (χ1) is 5.82. The number of hydrogen-bond donors (Lipinski definition) is 0. The predicted octanol–water partition coefficient (Wildman–Crippen LogP) is 1.18. The van der Waals surface area contributed by atoms with Gasteiger partial charge in [-0.1, -0.05) is 0 Å². The molecule has 0 radical (unpaired) electrons. The van der Waals surface area contributed by atoms with E-state index in [-0.39, 0.29) is 0 Å². The van der Waals surface area contributed by atoms with Gasteiger partial charge in [0.1, 0.15) is 5.76 Å². The van der Waals surface area contributed by atoms with Gasteiger partial charge in [0.2, 0.25) is 0 Å². The maximum atomic E-state index is 11.0. The third-order valence-electron chi connectivity index (χ3n) is 1.61. The van der Waals surface area contributed by atoms with Crippen molar-refractivity contribution in [2.45, 2.75) is 18.7 Å². The van der Waals surface area contributed by atoms with Crippen LogP contribution >= 0.6 is 10.7 Å². The Morgan fingerprint density at radius 2 is 1.92 bits per heavy atom. The molecular formula is C7H7ClO4S. The lowest BCUT2D eigenvalue weighted by Crippen LogP contribution is -2.11. The average molecular weight is 223 g/mol. The van der Waals surface area contributed by atoms with Crippen LogP contribution in [0.4, 0.5) is 0 Å². The molecule has 1 aromatic rings. The molecule has 72 valence electrons. The molecule has 6 heteroatoms. The zero-order valence-electron chi connectivity index (χ0n) is 7.00. The van der Waals surface area contributed by atoms with Crippen LogP contribution in [-0.2, 0) is 9.05 Å². The molecule has 0 atom stereocenters. The quantitative estimate of drug-likeness (QED) is 0.670. The van der Waals surface area contributed by atoms with Crippen molar-refractivity contribution in [2.24, 2.45) is 0 Å². The van der Waals surface area contributed by atoms with E-state index < -0.39 is 19.6 Å². The summed E-state index contributed by atoms with van der Waals surface area (Å²) in [6, 6.07) is 1.20. The third-order valence-corrected chi connectivity index (χ3v) is 2.92. The maximum Gasteiger partial charge on any atom is 0.356 e. The largest absolute Gasteiger partial charge is 0.427 e. The molecule has 0 bridgehead atoms. The average Bonchev–Trinajstić information content (AvgIpc) is 1.94. The van der Waals surface area contributed by atoms with Gasteiger partial charge >= 0.3 is 5.63 Å². The number of hydrogen-bond acceptors (Lipinski definition) is 4. The summed E-state index contributed by atoms with van der Waals surface area (Å²) in [6.07, 6.45) is 0. The topological polar surface area (TPSA) is 64.3 Å². The van der Waals surface area contributed by atoms with E-state index in [4.69, 9.17) is 10.7 Å². The number of aryl methyl sites for hydroxylation is 2. The van der Waals surface area contributed by atoms with Gasteiger partial charge in [0.05, 0.1) is 0 Å². The molecule has 13 heavy (non-hydrogen) atoms. The van der Waals surface area contributed by atoms with E-state index >= 15 is 0 Å². The minimum absolute atomic E-state index is 0.383. The van der Waals surface area contributed by atoms with Crippen LogP contribution in [0.3, 0.4) is 0 Å². The Labute approximate surface area is 79.6 Å². The Morgan fingerprint density at radius 1 is 1.38 bits per heavy atom. The second-order valence-corrected chi connectivity index (χ2v) is 5.11. The summed E-state index contributed by atoms with van der Waals surface area (Å²) in [7, 11) is 0.994. The van der Waals surface area contributed by atoms with E-state index in [0.29, 0.717) is 11.3 Å². The van der Waals surface area contributed by atoms with E-state index in [1.54, 1.807) is 13.8 Å². The van der Waals surface area contributed by atoms with Gasteiger partial charge < -0.3 is 4.42 Å². The van der Waals surface area contributed by atoms with Crippen molar-refractivity contribution in [3.05, 3.63) is 27.8 Å². The predicted molar refractivity (Wildman–Crippen MR) is 47.5 cm³/mol. The molecule has 0 saturated heterocycles. The summed E-state index contributed by atoms with van der Waals surface area (Å²) < 4.78 is 26.3. The van der Waals surface area contributed by atoms with Gasteiger partial charge in [-0.2, -0.15) is 0 Å². The standard InChI is InChI=1S/C7H7ClO4S/c1-4-3-6(13(8,10)11)7(9)12-5(4)2/h3H,1-2H3. The van der Waals surface area contributed by atoms with Crippen LogP contribution in [0.2, 0.25) is 0 Å². The first kappa shape index (κ1) is 10.3. The molecular weight excluding hydrogens is 216 g/mol. The molecule has 0 aliphatic heterocycles. The maximum absolute atomic E-state index is 11.0. The lowest BCUT2D eigenvalue weighted by molar-refractivity contribution is 0.457. The number of rotatable bonds is 1. The summed E-state index contributed by atoms with van der Waals surface area (Å²) in [5.41, 5.74) is -0.364. The zero-order chi connectivity index (χ0) is 10.2. The van der Waals surface area contributed by atoms with Gasteiger partial charge in [-0.25, -0.2) is 13.2 Å². The molecule has 0 saturated carbocycles. The van der Waals surface area contributed by atoms with Crippen molar-refractivity contribution < 1.29 is 12.8 Å². The minimum Gasteiger partial charge on any atom is -0.427 e. The fraction of sp³-hybridized carbons (Fsp3) is 0.286. The monoisotopic (exact) mass is 222 g/mol. The van der Waals surface area contributed by atoms with E-state index in [2.05, 4.69) is 4.42 Å². The summed E-state index contributed by atoms with van der Waals surface area (Å²) in [4.78, 5) is 10.5. The minimum atomic E-state index is -4.01. The van der Waals surface area contributed by atoms with Crippen LogP contribution in [0.5, 0.6) is 0 Å². The Hall–Kier alpha value is -0.810. The summed E-state index contributed by atoms with van der Waals surface area (Å²) >= 11 is 0. The molecule has 0 amide bonds. The molecule has 0 unspecified atom stereocenters. The number of halogens is 1. The molecule has 0 aliphatic rings. The lowest BCUT2D eigenvalue weighted by Gasteiger charge is -1.99. The van der Waals surface area contributed by atoms with Gasteiger partial charge in [0.25, 0.3) is 9.05 Å². The summed E-state index contributed by atoms with van der Waals surface area (Å²) in [6.45, 7) is 3.20. The van der Waals surface area contributed by atoms with E-state index in [1.165, 1.54) is 6.07 Å². The van der Waals surface area contributed by atoms with Crippen molar-refractivity contribution in [2.75, 3.05) is 0 Å². The van der Waals surface area contributed by atoms with Crippen LogP contribution in [0, 0.1) is 13.8 Å².